The molecular formula is C23H27N7O. The van der Waals surface area contributed by atoms with Crippen LogP contribution in [0.15, 0.2) is 55.0 Å². The zero-order chi connectivity index (χ0) is 21.6. The van der Waals surface area contributed by atoms with Gasteiger partial charge in [0.2, 0.25) is 0 Å². The molecular weight excluding hydrogens is 390 g/mol. The third-order valence-electron chi connectivity index (χ3n) is 5.27. The largest absolute Gasteiger partial charge is 0.456 e. The molecule has 0 saturated carbocycles. The number of para-hydroxylation sites is 1. The normalized spacial score (nSPS) is 16.5. The summed E-state index contributed by atoms with van der Waals surface area (Å²) in [6.45, 7) is 2.04. The van der Waals surface area contributed by atoms with Crippen LogP contribution >= 0.6 is 0 Å². The number of nitrogens with zero attached hydrogens (tertiary/aromatic N) is 4. The quantitative estimate of drug-likeness (QED) is 0.505. The van der Waals surface area contributed by atoms with E-state index in [-0.39, 0.29) is 11.8 Å². The highest BCUT2D eigenvalue weighted by Crippen LogP contribution is 2.26. The zero-order valence-corrected chi connectivity index (χ0v) is 17.8. The molecule has 0 bridgehead atoms. The van der Waals surface area contributed by atoms with Crippen molar-refractivity contribution in [2.75, 3.05) is 37.8 Å². The maximum atomic E-state index is 8.83. The minimum atomic E-state index is 0.253. The summed E-state index contributed by atoms with van der Waals surface area (Å²) in [7, 11) is 3.92. The molecule has 1 saturated heterocycles. The first kappa shape index (κ1) is 20.7. The van der Waals surface area contributed by atoms with Crippen LogP contribution < -0.4 is 15.4 Å². The molecule has 2 aromatic heterocycles. The van der Waals surface area contributed by atoms with E-state index in [4.69, 9.17) is 10.1 Å². The lowest BCUT2D eigenvalue weighted by Gasteiger charge is -2.31. The fourth-order valence-electron chi connectivity index (χ4n) is 3.74. The number of hydrogen-bond acceptors (Lipinski definition) is 8. The predicted molar refractivity (Wildman–Crippen MR) is 122 cm³/mol. The van der Waals surface area contributed by atoms with Gasteiger partial charge in [-0.3, -0.25) is 10.4 Å². The standard InChI is InChI=1S/C23H27N7O/c1-25-22-20(23(28-15-27-22)29-16-7-6-12-30(2)14-16)21(24)19-11-10-18(13-26-19)31-17-8-4-3-5-9-17/h3-5,8-11,13,15-16,24H,6-7,12,14H2,1-2H3,(H2,25,27,28,29). The van der Waals surface area contributed by atoms with Crippen molar-refractivity contribution in [3.05, 3.63) is 66.2 Å². The molecule has 31 heavy (non-hydrogen) atoms. The van der Waals surface area contributed by atoms with Crippen LogP contribution in [0.3, 0.4) is 0 Å². The lowest BCUT2D eigenvalue weighted by molar-refractivity contribution is 0.260. The summed E-state index contributed by atoms with van der Waals surface area (Å²) in [5.74, 6) is 2.60. The van der Waals surface area contributed by atoms with Crippen molar-refractivity contribution in [2.24, 2.45) is 0 Å². The summed E-state index contributed by atoms with van der Waals surface area (Å²) < 4.78 is 5.81. The molecule has 160 valence electrons. The maximum Gasteiger partial charge on any atom is 0.145 e. The number of benzene rings is 1. The Morgan fingerprint density at radius 3 is 2.58 bits per heavy atom. The van der Waals surface area contributed by atoms with Crippen molar-refractivity contribution in [3.8, 4) is 11.5 Å². The van der Waals surface area contributed by atoms with Crippen LogP contribution in [0.4, 0.5) is 11.6 Å². The van der Waals surface area contributed by atoms with E-state index in [0.29, 0.717) is 28.6 Å². The molecule has 1 fully saturated rings. The number of ether oxygens (including phenoxy) is 1. The highest BCUT2D eigenvalue weighted by Gasteiger charge is 2.23. The molecule has 0 aliphatic carbocycles. The zero-order valence-electron chi connectivity index (χ0n) is 17.8. The van der Waals surface area contributed by atoms with Crippen LogP contribution in [0.5, 0.6) is 11.5 Å². The van der Waals surface area contributed by atoms with Gasteiger partial charge in [0.15, 0.2) is 0 Å². The van der Waals surface area contributed by atoms with Crippen molar-refractivity contribution in [3.63, 3.8) is 0 Å². The number of rotatable bonds is 7. The van der Waals surface area contributed by atoms with Gasteiger partial charge >= 0.3 is 0 Å². The lowest BCUT2D eigenvalue weighted by Crippen LogP contribution is -2.40. The Kier molecular flexibility index (Phi) is 6.37. The summed E-state index contributed by atoms with van der Waals surface area (Å²) in [6.07, 6.45) is 5.35. The summed E-state index contributed by atoms with van der Waals surface area (Å²) >= 11 is 0. The van der Waals surface area contributed by atoms with Gasteiger partial charge in [0.1, 0.15) is 29.5 Å². The van der Waals surface area contributed by atoms with Crippen LogP contribution in [-0.2, 0) is 0 Å². The van der Waals surface area contributed by atoms with Gasteiger partial charge < -0.3 is 20.3 Å². The SMILES string of the molecule is CNc1ncnc(NC2CCCN(C)C2)c1C(=N)c1ccc(Oc2ccccc2)cn1. The van der Waals surface area contributed by atoms with Gasteiger partial charge in [-0.25, -0.2) is 9.97 Å². The molecule has 8 nitrogen and oxygen atoms in total. The topological polar surface area (TPSA) is 99.1 Å². The molecule has 1 aliphatic rings. The molecule has 1 atom stereocenters. The predicted octanol–water partition coefficient (Wildman–Crippen LogP) is 3.63. The molecule has 3 N–H and O–H groups in total. The minimum Gasteiger partial charge on any atom is -0.456 e. The number of likely N-dealkylation sites (N-methyl/N-ethyl adjacent to an activating group) is 1. The molecule has 1 aliphatic heterocycles. The van der Waals surface area contributed by atoms with E-state index in [1.807, 2.05) is 36.4 Å². The number of aromatic nitrogens is 3. The highest BCUT2D eigenvalue weighted by atomic mass is 16.5. The Hall–Kier alpha value is -3.52. The minimum absolute atomic E-state index is 0.253. The van der Waals surface area contributed by atoms with Gasteiger partial charge in [0.25, 0.3) is 0 Å². The average Bonchev–Trinajstić information content (AvgIpc) is 2.80. The monoisotopic (exact) mass is 417 g/mol. The summed E-state index contributed by atoms with van der Waals surface area (Å²) in [5, 5.41) is 15.4. The van der Waals surface area contributed by atoms with Gasteiger partial charge in [-0.1, -0.05) is 18.2 Å². The fraction of sp³-hybridized carbons (Fsp3) is 0.304. The first-order valence-electron chi connectivity index (χ1n) is 10.4. The molecule has 3 heterocycles. The van der Waals surface area contributed by atoms with Crippen LogP contribution in [0.1, 0.15) is 24.1 Å². The molecule has 3 aromatic rings. The van der Waals surface area contributed by atoms with E-state index < -0.39 is 0 Å². The maximum absolute atomic E-state index is 8.83. The Balaban J connectivity index is 1.57. The molecule has 1 unspecified atom stereocenters. The van der Waals surface area contributed by atoms with Gasteiger partial charge in [-0.15, -0.1) is 0 Å². The van der Waals surface area contributed by atoms with Crippen molar-refractivity contribution in [1.29, 1.82) is 5.41 Å². The van der Waals surface area contributed by atoms with Crippen molar-refractivity contribution >= 4 is 17.3 Å². The van der Waals surface area contributed by atoms with Gasteiger partial charge in [0.05, 0.1) is 23.2 Å². The number of anilines is 2. The van der Waals surface area contributed by atoms with Gasteiger partial charge in [0, 0.05) is 19.6 Å². The second-order valence-electron chi connectivity index (χ2n) is 7.61. The molecule has 0 radical (unpaired) electrons. The van der Waals surface area contributed by atoms with E-state index in [9.17, 15) is 0 Å². The van der Waals surface area contributed by atoms with E-state index in [1.54, 1.807) is 19.3 Å². The second-order valence-corrected chi connectivity index (χ2v) is 7.61. The van der Waals surface area contributed by atoms with E-state index in [1.165, 1.54) is 6.33 Å². The Labute approximate surface area is 182 Å². The first-order chi connectivity index (χ1) is 15.1. The summed E-state index contributed by atoms with van der Waals surface area (Å²) in [4.78, 5) is 15.5. The lowest BCUT2D eigenvalue weighted by atomic mass is 10.0. The van der Waals surface area contributed by atoms with E-state index >= 15 is 0 Å². The molecule has 0 spiro atoms. The Bertz CT molecular complexity index is 1020. The van der Waals surface area contributed by atoms with Crippen LogP contribution in [0.25, 0.3) is 0 Å². The third-order valence-corrected chi connectivity index (χ3v) is 5.27. The molecule has 0 amide bonds. The van der Waals surface area contributed by atoms with E-state index in [0.717, 1.165) is 31.7 Å². The van der Waals surface area contributed by atoms with Gasteiger partial charge in [-0.05, 0) is 50.7 Å². The number of likely N-dealkylation sites (tertiary alicyclic amines) is 1. The molecule has 8 heteroatoms. The van der Waals surface area contributed by atoms with Crippen molar-refractivity contribution in [2.45, 2.75) is 18.9 Å². The van der Waals surface area contributed by atoms with Crippen LogP contribution in [0.2, 0.25) is 0 Å². The fourth-order valence-corrected chi connectivity index (χ4v) is 3.74. The van der Waals surface area contributed by atoms with Crippen LogP contribution in [0, 0.1) is 5.41 Å². The number of pyridine rings is 1. The third kappa shape index (κ3) is 4.97. The summed E-state index contributed by atoms with van der Waals surface area (Å²) in [6, 6.07) is 13.4. The summed E-state index contributed by atoms with van der Waals surface area (Å²) in [5.41, 5.74) is 1.39. The van der Waals surface area contributed by atoms with Gasteiger partial charge in [-0.2, -0.15) is 0 Å². The van der Waals surface area contributed by atoms with Crippen LogP contribution in [-0.4, -0.2) is 58.8 Å². The molecule has 1 aromatic carbocycles. The van der Waals surface area contributed by atoms with Crippen molar-refractivity contribution in [1.82, 2.24) is 19.9 Å². The van der Waals surface area contributed by atoms with Crippen molar-refractivity contribution < 1.29 is 4.74 Å². The highest BCUT2D eigenvalue weighted by molar-refractivity contribution is 6.15. The Morgan fingerprint density at radius 1 is 1.06 bits per heavy atom. The average molecular weight is 418 g/mol. The number of piperidine rings is 1. The Morgan fingerprint density at radius 2 is 1.87 bits per heavy atom. The smallest absolute Gasteiger partial charge is 0.145 e. The number of hydrogen-bond donors (Lipinski definition) is 3. The molecule has 4 rings (SSSR count). The second kappa shape index (κ2) is 9.53. The van der Waals surface area contributed by atoms with E-state index in [2.05, 4.69) is 37.5 Å². The first-order valence-corrected chi connectivity index (χ1v) is 10.4. The number of nitrogens with one attached hydrogen (secondary N) is 3.